The van der Waals surface area contributed by atoms with Gasteiger partial charge in [0, 0.05) is 0 Å². The number of hydrogen-bond donors (Lipinski definition) is 1. The van der Waals surface area contributed by atoms with Gasteiger partial charge in [-0.05, 0) is 34.6 Å². The van der Waals surface area contributed by atoms with E-state index < -0.39 is 23.7 Å². The molecule has 0 saturated carbocycles. The minimum Gasteiger partial charge on any atom is -0.462 e. The number of alkyl carbamates (subject to hydrolysis) is 1. The van der Waals surface area contributed by atoms with Gasteiger partial charge in [0.1, 0.15) is 16.8 Å². The van der Waals surface area contributed by atoms with Crippen LogP contribution < -0.4 is 5.32 Å². The van der Waals surface area contributed by atoms with Crippen molar-refractivity contribution in [1.82, 2.24) is 25.1 Å². The maximum Gasteiger partial charge on any atom is 0.408 e. The maximum atomic E-state index is 11.9. The molecule has 1 atom stereocenters. The molecule has 0 aromatic carbocycles. The second kappa shape index (κ2) is 7.60. The first-order valence-corrected chi connectivity index (χ1v) is 8.55. The van der Waals surface area contributed by atoms with Crippen LogP contribution >= 0.6 is 11.3 Å². The fraction of sp³-hybridized carbons (Fsp3) is 0.533. The molecule has 0 aliphatic carbocycles. The van der Waals surface area contributed by atoms with Crippen molar-refractivity contribution in [3.63, 3.8) is 0 Å². The summed E-state index contributed by atoms with van der Waals surface area (Å²) in [5, 5.41) is 7.27. The Morgan fingerprint density at radius 2 is 2.08 bits per heavy atom. The van der Waals surface area contributed by atoms with Crippen molar-refractivity contribution in [1.29, 1.82) is 0 Å². The molecule has 136 valence electrons. The van der Waals surface area contributed by atoms with Gasteiger partial charge in [0.25, 0.3) is 0 Å². The Kier molecular flexibility index (Phi) is 5.73. The highest BCUT2D eigenvalue weighted by Gasteiger charge is 2.22. The molecular weight excluding hydrogens is 346 g/mol. The topological polar surface area (TPSA) is 108 Å². The summed E-state index contributed by atoms with van der Waals surface area (Å²) in [6.07, 6.45) is 2.23. The zero-order valence-electron chi connectivity index (χ0n) is 14.8. The molecule has 0 spiro atoms. The molecule has 10 heteroatoms. The second-order valence-corrected chi connectivity index (χ2v) is 7.13. The van der Waals surface area contributed by atoms with E-state index in [4.69, 9.17) is 9.47 Å². The lowest BCUT2D eigenvalue weighted by atomic mass is 10.2. The minimum absolute atomic E-state index is 0.289. The van der Waals surface area contributed by atoms with Gasteiger partial charge >= 0.3 is 12.1 Å². The minimum atomic E-state index is -0.596. The number of thiazole rings is 1. The monoisotopic (exact) mass is 367 g/mol. The molecule has 0 aliphatic heterocycles. The molecule has 2 aromatic heterocycles. The molecule has 0 radical (unpaired) electrons. The largest absolute Gasteiger partial charge is 0.462 e. The van der Waals surface area contributed by atoms with Crippen LogP contribution in [0, 0.1) is 0 Å². The highest BCUT2D eigenvalue weighted by Crippen LogP contribution is 2.21. The highest BCUT2D eigenvalue weighted by molar-refractivity contribution is 7.15. The molecular formula is C15H21N5O4S. The maximum absolute atomic E-state index is 11.9. The number of esters is 1. The first kappa shape index (κ1) is 18.8. The third kappa shape index (κ3) is 4.99. The van der Waals surface area contributed by atoms with Crippen LogP contribution in [0.5, 0.6) is 0 Å². The third-order valence-corrected chi connectivity index (χ3v) is 3.80. The quantitative estimate of drug-likeness (QED) is 0.809. The van der Waals surface area contributed by atoms with E-state index in [1.54, 1.807) is 34.6 Å². The molecule has 0 aliphatic rings. The van der Waals surface area contributed by atoms with Gasteiger partial charge in [-0.2, -0.15) is 9.78 Å². The van der Waals surface area contributed by atoms with Crippen molar-refractivity contribution >= 4 is 23.4 Å². The Bertz CT molecular complexity index is 749. The average molecular weight is 367 g/mol. The van der Waals surface area contributed by atoms with E-state index in [2.05, 4.69) is 20.4 Å². The lowest BCUT2D eigenvalue weighted by Gasteiger charge is -2.21. The molecule has 2 rings (SSSR count). The molecule has 25 heavy (non-hydrogen) atoms. The summed E-state index contributed by atoms with van der Waals surface area (Å²) in [6.45, 7) is 9.13. The number of rotatable bonds is 5. The van der Waals surface area contributed by atoms with Gasteiger partial charge in [-0.1, -0.05) is 11.3 Å². The van der Waals surface area contributed by atoms with Crippen molar-refractivity contribution in [3.8, 4) is 5.13 Å². The van der Waals surface area contributed by atoms with E-state index in [1.807, 2.05) is 0 Å². The van der Waals surface area contributed by atoms with Crippen molar-refractivity contribution in [2.45, 2.75) is 46.3 Å². The first-order valence-electron chi connectivity index (χ1n) is 7.74. The van der Waals surface area contributed by atoms with Gasteiger partial charge in [0.15, 0.2) is 5.82 Å². The zero-order chi connectivity index (χ0) is 18.6. The molecule has 0 unspecified atom stereocenters. The first-order chi connectivity index (χ1) is 11.7. The predicted molar refractivity (Wildman–Crippen MR) is 90.8 cm³/mol. The molecule has 1 N–H and O–H groups in total. The predicted octanol–water partition coefficient (Wildman–Crippen LogP) is 2.49. The van der Waals surface area contributed by atoms with Crippen molar-refractivity contribution < 1.29 is 19.1 Å². The Morgan fingerprint density at radius 1 is 1.36 bits per heavy atom. The normalized spacial score (nSPS) is 12.5. The van der Waals surface area contributed by atoms with E-state index in [1.165, 1.54) is 17.2 Å². The summed E-state index contributed by atoms with van der Waals surface area (Å²) in [5.41, 5.74) is -0.596. The summed E-state index contributed by atoms with van der Waals surface area (Å²) in [4.78, 5) is 32.4. The number of carbonyl (C=O) groups is 2. The average Bonchev–Trinajstić information content (AvgIpc) is 3.14. The fourth-order valence-electron chi connectivity index (χ4n) is 1.90. The van der Waals surface area contributed by atoms with E-state index in [0.29, 0.717) is 15.8 Å². The summed E-state index contributed by atoms with van der Waals surface area (Å²) >= 11 is 1.13. The van der Waals surface area contributed by atoms with Gasteiger partial charge in [-0.3, -0.25) is 0 Å². The van der Waals surface area contributed by atoms with Crippen molar-refractivity contribution in [2.24, 2.45) is 0 Å². The lowest BCUT2D eigenvalue weighted by molar-refractivity contribution is 0.0501. The zero-order valence-corrected chi connectivity index (χ0v) is 15.6. The molecule has 0 saturated heterocycles. The van der Waals surface area contributed by atoms with Crippen LogP contribution in [0.15, 0.2) is 12.5 Å². The SMILES string of the molecule is CCOC(=O)c1cnc(-n2ncnc2[C@H](C)NC(=O)OC(C)(C)C)s1. The van der Waals surface area contributed by atoms with E-state index >= 15 is 0 Å². The number of hydrogen-bond acceptors (Lipinski definition) is 8. The van der Waals surface area contributed by atoms with Crippen molar-refractivity contribution in [3.05, 3.63) is 23.2 Å². The smallest absolute Gasteiger partial charge is 0.408 e. The van der Waals surface area contributed by atoms with Gasteiger partial charge < -0.3 is 14.8 Å². The van der Waals surface area contributed by atoms with Crippen LogP contribution in [0.3, 0.4) is 0 Å². The van der Waals surface area contributed by atoms with Crippen LogP contribution in [-0.4, -0.2) is 44.0 Å². The van der Waals surface area contributed by atoms with Gasteiger partial charge in [-0.15, -0.1) is 0 Å². The van der Waals surface area contributed by atoms with Crippen LogP contribution in [0.25, 0.3) is 5.13 Å². The molecule has 1 amide bonds. The van der Waals surface area contributed by atoms with E-state index in [-0.39, 0.29) is 6.61 Å². The number of carbonyl (C=O) groups excluding carboxylic acids is 2. The van der Waals surface area contributed by atoms with Crippen LogP contribution in [-0.2, 0) is 9.47 Å². The van der Waals surface area contributed by atoms with Crippen molar-refractivity contribution in [2.75, 3.05) is 6.61 Å². The Labute approximate surface area is 149 Å². The number of amides is 1. The number of aromatic nitrogens is 4. The molecule has 0 bridgehead atoms. The van der Waals surface area contributed by atoms with Crippen LogP contribution in [0.1, 0.15) is 56.2 Å². The second-order valence-electron chi connectivity index (χ2n) is 6.13. The van der Waals surface area contributed by atoms with Crippen LogP contribution in [0.2, 0.25) is 0 Å². The standard InChI is InChI=1S/C15H21N5O4S/c1-6-23-12(21)10-7-16-13(25-10)20-11(17-8-18-20)9(2)19-14(22)24-15(3,4)5/h7-9H,6H2,1-5H3,(H,19,22)/t9-/m0/s1. The Hall–Kier alpha value is -2.49. The van der Waals surface area contributed by atoms with Gasteiger partial charge in [-0.25, -0.2) is 19.6 Å². The van der Waals surface area contributed by atoms with Crippen LogP contribution in [0.4, 0.5) is 4.79 Å². The summed E-state index contributed by atoms with van der Waals surface area (Å²) in [5.74, 6) is 0.0310. The summed E-state index contributed by atoms with van der Waals surface area (Å²) in [7, 11) is 0. The highest BCUT2D eigenvalue weighted by atomic mass is 32.1. The summed E-state index contributed by atoms with van der Waals surface area (Å²) < 4.78 is 11.6. The molecule has 0 fully saturated rings. The lowest BCUT2D eigenvalue weighted by Crippen LogP contribution is -2.34. The summed E-state index contributed by atoms with van der Waals surface area (Å²) in [6, 6.07) is -0.465. The van der Waals surface area contributed by atoms with E-state index in [0.717, 1.165) is 11.3 Å². The Balaban J connectivity index is 2.14. The number of nitrogens with one attached hydrogen (secondary N) is 1. The fourth-order valence-corrected chi connectivity index (χ4v) is 2.68. The van der Waals surface area contributed by atoms with Gasteiger partial charge in [0.2, 0.25) is 5.13 Å². The van der Waals surface area contributed by atoms with Gasteiger partial charge in [0.05, 0.1) is 18.8 Å². The van der Waals surface area contributed by atoms with E-state index in [9.17, 15) is 9.59 Å². The Morgan fingerprint density at radius 3 is 2.72 bits per heavy atom. The third-order valence-electron chi connectivity index (χ3n) is 2.85. The molecule has 2 aromatic rings. The molecule has 2 heterocycles. The number of ether oxygens (including phenoxy) is 2. The molecule has 9 nitrogen and oxygen atoms in total. The number of nitrogens with zero attached hydrogens (tertiary/aromatic N) is 4.